The van der Waals surface area contributed by atoms with E-state index in [1.165, 1.54) is 51.4 Å². The van der Waals surface area contributed by atoms with Gasteiger partial charge in [-0.2, -0.15) is 0 Å². The normalized spacial score (nSPS) is 56.2. The summed E-state index contributed by atoms with van der Waals surface area (Å²) in [5.74, 6) is 4.77. The Balaban J connectivity index is 1.61. The molecule has 24 heavy (non-hydrogen) atoms. The number of hydrogen-bond donors (Lipinski definition) is 0. The fraction of sp³-hybridized carbons (Fsp3) is 1.00. The minimum atomic E-state index is 0.536. The van der Waals surface area contributed by atoms with E-state index in [2.05, 4.69) is 34.6 Å². The van der Waals surface area contributed by atoms with Crippen molar-refractivity contribution < 1.29 is 4.74 Å². The predicted molar refractivity (Wildman–Crippen MR) is 101 cm³/mol. The molecule has 0 aromatic carbocycles. The lowest BCUT2D eigenvalue weighted by Crippen LogP contribution is -2.55. The Hall–Kier alpha value is -0.0400. The van der Waals surface area contributed by atoms with Crippen molar-refractivity contribution in [2.45, 2.75) is 92.1 Å². The highest BCUT2D eigenvalue weighted by Crippen LogP contribution is 2.68. The van der Waals surface area contributed by atoms with Crippen molar-refractivity contribution in [2.24, 2.45) is 45.8 Å². The predicted octanol–water partition coefficient (Wildman–Crippen LogP) is 6.32. The van der Waals surface area contributed by atoms with Crippen LogP contribution in [0.15, 0.2) is 0 Å². The summed E-state index contributed by atoms with van der Waals surface area (Å²) in [6, 6.07) is 0. The summed E-state index contributed by atoms with van der Waals surface area (Å²) in [4.78, 5) is 0. The molecule has 4 aliphatic carbocycles. The molecule has 1 nitrogen and oxygen atoms in total. The molecule has 0 aromatic heterocycles. The molecule has 0 aliphatic heterocycles. The summed E-state index contributed by atoms with van der Waals surface area (Å²) in [7, 11) is 1.94. The fourth-order valence-electron chi connectivity index (χ4n) is 8.13. The van der Waals surface area contributed by atoms with Crippen LogP contribution in [0, 0.1) is 45.8 Å². The largest absolute Gasteiger partial charge is 0.381 e. The van der Waals surface area contributed by atoms with Gasteiger partial charge in [-0.05, 0) is 97.2 Å². The first-order valence-corrected chi connectivity index (χ1v) is 10.7. The van der Waals surface area contributed by atoms with Crippen LogP contribution >= 0.6 is 0 Å². The first kappa shape index (κ1) is 17.4. The van der Waals surface area contributed by atoms with Gasteiger partial charge < -0.3 is 4.74 Å². The monoisotopic (exact) mass is 332 g/mol. The van der Waals surface area contributed by atoms with Gasteiger partial charge in [0.1, 0.15) is 0 Å². The van der Waals surface area contributed by atoms with Gasteiger partial charge in [0.2, 0.25) is 0 Å². The van der Waals surface area contributed by atoms with E-state index in [1.807, 2.05) is 7.11 Å². The Kier molecular flexibility index (Phi) is 3.97. The van der Waals surface area contributed by atoms with E-state index >= 15 is 0 Å². The summed E-state index contributed by atoms with van der Waals surface area (Å²) >= 11 is 0. The van der Waals surface area contributed by atoms with Gasteiger partial charge in [-0.1, -0.05) is 34.6 Å². The molecule has 4 saturated carbocycles. The lowest BCUT2D eigenvalue weighted by Gasteiger charge is -2.63. The quantitative estimate of drug-likeness (QED) is 0.546. The lowest BCUT2D eigenvalue weighted by atomic mass is 9.42. The molecule has 4 fully saturated rings. The zero-order valence-electron chi connectivity index (χ0n) is 17.0. The molecule has 0 aromatic rings. The van der Waals surface area contributed by atoms with Crippen molar-refractivity contribution >= 4 is 0 Å². The zero-order valence-corrected chi connectivity index (χ0v) is 17.0. The molecule has 8 atom stereocenters. The van der Waals surface area contributed by atoms with Gasteiger partial charge in [-0.3, -0.25) is 0 Å². The average molecular weight is 333 g/mol. The maximum absolute atomic E-state index is 5.82. The lowest BCUT2D eigenvalue weighted by molar-refractivity contribution is -0.136. The van der Waals surface area contributed by atoms with Crippen LogP contribution in [0.3, 0.4) is 0 Å². The van der Waals surface area contributed by atoms with E-state index in [9.17, 15) is 0 Å². The minimum Gasteiger partial charge on any atom is -0.381 e. The maximum Gasteiger partial charge on any atom is 0.0579 e. The Morgan fingerprint density at radius 2 is 1.62 bits per heavy atom. The molecule has 0 spiro atoms. The van der Waals surface area contributed by atoms with E-state index in [-0.39, 0.29) is 0 Å². The molecule has 1 heteroatoms. The molecule has 0 N–H and O–H groups in total. The highest BCUT2D eigenvalue weighted by Gasteiger charge is 2.60. The van der Waals surface area contributed by atoms with Crippen molar-refractivity contribution in [1.82, 2.24) is 0 Å². The Morgan fingerprint density at radius 1 is 0.875 bits per heavy atom. The van der Waals surface area contributed by atoms with Gasteiger partial charge in [0.05, 0.1) is 6.10 Å². The van der Waals surface area contributed by atoms with E-state index in [0.29, 0.717) is 22.3 Å². The molecule has 4 aliphatic rings. The Morgan fingerprint density at radius 3 is 2.33 bits per heavy atom. The molecule has 0 amide bonds. The summed E-state index contributed by atoms with van der Waals surface area (Å²) < 4.78 is 5.82. The van der Waals surface area contributed by atoms with Gasteiger partial charge in [0, 0.05) is 7.11 Å². The van der Waals surface area contributed by atoms with Gasteiger partial charge >= 0.3 is 0 Å². The third kappa shape index (κ3) is 2.36. The van der Waals surface area contributed by atoms with Crippen LogP contribution in [-0.4, -0.2) is 13.2 Å². The number of hydrogen-bond acceptors (Lipinski definition) is 1. The standard InChI is InChI=1S/C23H40O/c1-15-12-23(5)16(13-21(15,2)3)7-8-18-19(23)9-10-22(4)14-17(24-6)11-20(18)22/h15-20H,7-14H2,1-6H3/t15?,16-,17-,18+,19-,20-,22+,23-/m0/s1. The van der Waals surface area contributed by atoms with Crippen molar-refractivity contribution in [3.63, 3.8) is 0 Å². The summed E-state index contributed by atoms with van der Waals surface area (Å²) in [5, 5.41) is 0. The topological polar surface area (TPSA) is 9.23 Å². The summed E-state index contributed by atoms with van der Waals surface area (Å²) in [5.41, 5.74) is 1.74. The van der Waals surface area contributed by atoms with Crippen molar-refractivity contribution in [1.29, 1.82) is 0 Å². The number of rotatable bonds is 1. The van der Waals surface area contributed by atoms with Crippen LogP contribution in [-0.2, 0) is 4.74 Å². The van der Waals surface area contributed by atoms with E-state index in [4.69, 9.17) is 4.74 Å². The van der Waals surface area contributed by atoms with E-state index in [0.717, 1.165) is 29.6 Å². The highest BCUT2D eigenvalue weighted by molar-refractivity contribution is 5.10. The van der Waals surface area contributed by atoms with E-state index < -0.39 is 0 Å². The second kappa shape index (κ2) is 5.48. The second-order valence-corrected chi connectivity index (χ2v) is 11.4. The Labute approximate surface area is 150 Å². The highest BCUT2D eigenvalue weighted by atomic mass is 16.5. The minimum absolute atomic E-state index is 0.536. The number of fused-ring (bicyclic) bond motifs is 5. The van der Waals surface area contributed by atoms with Gasteiger partial charge in [-0.15, -0.1) is 0 Å². The van der Waals surface area contributed by atoms with E-state index in [1.54, 1.807) is 0 Å². The summed E-state index contributed by atoms with van der Waals surface area (Å²) in [6.45, 7) is 12.9. The van der Waals surface area contributed by atoms with Crippen LogP contribution in [0.4, 0.5) is 0 Å². The van der Waals surface area contributed by atoms with Crippen LogP contribution in [0.5, 0.6) is 0 Å². The fourth-order valence-corrected chi connectivity index (χ4v) is 8.13. The molecular weight excluding hydrogens is 292 g/mol. The van der Waals surface area contributed by atoms with Gasteiger partial charge in [0.25, 0.3) is 0 Å². The third-order valence-corrected chi connectivity index (χ3v) is 9.98. The number of ether oxygens (including phenoxy) is 1. The van der Waals surface area contributed by atoms with Crippen molar-refractivity contribution in [3.8, 4) is 0 Å². The van der Waals surface area contributed by atoms with Crippen molar-refractivity contribution in [2.75, 3.05) is 7.11 Å². The van der Waals surface area contributed by atoms with Gasteiger partial charge in [0.15, 0.2) is 0 Å². The summed E-state index contributed by atoms with van der Waals surface area (Å²) in [6.07, 6.45) is 12.1. The van der Waals surface area contributed by atoms with Crippen molar-refractivity contribution in [3.05, 3.63) is 0 Å². The molecule has 4 rings (SSSR count). The number of methoxy groups -OCH3 is 1. The molecular formula is C23H40O. The second-order valence-electron chi connectivity index (χ2n) is 11.4. The zero-order chi connectivity index (χ0) is 17.3. The maximum atomic E-state index is 5.82. The third-order valence-electron chi connectivity index (χ3n) is 9.98. The van der Waals surface area contributed by atoms with Crippen LogP contribution < -0.4 is 0 Å². The van der Waals surface area contributed by atoms with Gasteiger partial charge in [-0.25, -0.2) is 0 Å². The first-order chi connectivity index (χ1) is 11.2. The molecule has 0 saturated heterocycles. The first-order valence-electron chi connectivity index (χ1n) is 10.7. The molecule has 0 radical (unpaired) electrons. The molecule has 0 heterocycles. The smallest absolute Gasteiger partial charge is 0.0579 e. The Bertz CT molecular complexity index is 496. The molecule has 1 unspecified atom stereocenters. The van der Waals surface area contributed by atoms with Crippen LogP contribution in [0.25, 0.3) is 0 Å². The SMILES string of the molecule is CO[C@H]1C[C@H]2[C@@H]3CC[C@H]4CC(C)(C)C(C)C[C@]4(C)[C@H]3CC[C@]2(C)C1. The average Bonchev–Trinajstić information content (AvgIpc) is 2.86. The van der Waals surface area contributed by atoms with Crippen LogP contribution in [0.2, 0.25) is 0 Å². The van der Waals surface area contributed by atoms with Crippen LogP contribution in [0.1, 0.15) is 86.0 Å². The molecule has 138 valence electrons. The molecule has 0 bridgehead atoms.